The van der Waals surface area contributed by atoms with Crippen LogP contribution in [-0.4, -0.2) is 29.8 Å². The van der Waals surface area contributed by atoms with Crippen LogP contribution in [0.15, 0.2) is 42.5 Å². The minimum absolute atomic E-state index is 0.224. The van der Waals surface area contributed by atoms with Crippen LogP contribution in [0.2, 0.25) is 0 Å². The monoisotopic (exact) mass is 356 g/mol. The van der Waals surface area contributed by atoms with Gasteiger partial charge in [-0.2, -0.15) is 0 Å². The number of rotatable bonds is 2. The van der Waals surface area contributed by atoms with E-state index in [1.165, 1.54) is 12.1 Å². The van der Waals surface area contributed by atoms with Crippen molar-refractivity contribution in [2.24, 2.45) is 0 Å². The second-order valence-corrected chi connectivity index (χ2v) is 6.97. The molecule has 2 heterocycles. The molecule has 6 heteroatoms. The van der Waals surface area contributed by atoms with Crippen LogP contribution in [0.4, 0.5) is 10.1 Å². The highest BCUT2D eigenvalue weighted by molar-refractivity contribution is 5.95. The van der Waals surface area contributed by atoms with Crippen molar-refractivity contribution in [1.29, 1.82) is 0 Å². The Kier molecular flexibility index (Phi) is 4.28. The summed E-state index contributed by atoms with van der Waals surface area (Å²) in [5.74, 6) is -0.00252. The predicted octanol–water partition coefficient (Wildman–Crippen LogP) is 3.31. The number of nitrogens with one attached hydrogen (secondary N) is 1. The van der Waals surface area contributed by atoms with Gasteiger partial charge in [0.25, 0.3) is 5.91 Å². The highest BCUT2D eigenvalue weighted by Crippen LogP contribution is 2.41. The van der Waals surface area contributed by atoms with E-state index in [2.05, 4.69) is 4.90 Å². The molecule has 2 aliphatic heterocycles. The van der Waals surface area contributed by atoms with Crippen LogP contribution in [0.3, 0.4) is 0 Å². The molecule has 4 rings (SSSR count). The van der Waals surface area contributed by atoms with Gasteiger partial charge in [-0.15, -0.1) is 0 Å². The van der Waals surface area contributed by atoms with Gasteiger partial charge in [0.15, 0.2) is 0 Å². The Morgan fingerprint density at radius 3 is 2.54 bits per heavy atom. The van der Waals surface area contributed by atoms with Crippen LogP contribution in [-0.2, 0) is 6.42 Å². The number of hydrogen-bond acceptors (Lipinski definition) is 4. The fraction of sp³-hybridized carbons (Fsp3) is 0.350. The molecule has 26 heavy (non-hydrogen) atoms. The van der Waals surface area contributed by atoms with Crippen molar-refractivity contribution in [1.82, 2.24) is 5.48 Å². The molecule has 2 aromatic carbocycles. The first-order valence-electron chi connectivity index (χ1n) is 8.86. The zero-order chi connectivity index (χ0) is 18.1. The van der Waals surface area contributed by atoms with Gasteiger partial charge >= 0.3 is 0 Å². The van der Waals surface area contributed by atoms with Gasteiger partial charge in [0.05, 0.1) is 0 Å². The summed E-state index contributed by atoms with van der Waals surface area (Å²) >= 11 is 0. The van der Waals surface area contributed by atoms with E-state index in [9.17, 15) is 9.18 Å². The standard InChI is InChI=1S/C20H21FN2O3/c21-14-4-6-15(7-5-14)23-12-10-20(11-13-23)9-8-16-17(19(24)22-25)2-1-3-18(16)26-20/h1-7,25H,8-13H2,(H,22,24). The summed E-state index contributed by atoms with van der Waals surface area (Å²) in [5, 5.41) is 8.92. The Labute approximate surface area is 151 Å². The first-order valence-corrected chi connectivity index (χ1v) is 8.86. The van der Waals surface area contributed by atoms with Crippen LogP contribution in [0.5, 0.6) is 5.75 Å². The van der Waals surface area contributed by atoms with Gasteiger partial charge in [-0.05, 0) is 49.2 Å². The van der Waals surface area contributed by atoms with Crippen LogP contribution in [0.1, 0.15) is 35.2 Å². The highest BCUT2D eigenvalue weighted by atomic mass is 19.1. The molecule has 1 spiro atoms. The zero-order valence-corrected chi connectivity index (χ0v) is 14.4. The number of anilines is 1. The second kappa shape index (κ2) is 6.61. The third-order valence-electron chi connectivity index (χ3n) is 5.50. The van der Waals surface area contributed by atoms with Crippen molar-refractivity contribution in [2.75, 3.05) is 18.0 Å². The van der Waals surface area contributed by atoms with E-state index in [1.54, 1.807) is 17.6 Å². The SMILES string of the molecule is O=C(NO)c1cccc2c1CCC1(CCN(c3ccc(F)cc3)CC1)O2. The number of carbonyl (C=O) groups is 1. The molecule has 0 aromatic heterocycles. The van der Waals surface area contributed by atoms with E-state index < -0.39 is 5.91 Å². The van der Waals surface area contributed by atoms with E-state index in [-0.39, 0.29) is 11.4 Å². The molecule has 1 fully saturated rings. The molecule has 2 aromatic rings. The molecule has 0 aliphatic carbocycles. The molecule has 136 valence electrons. The average molecular weight is 356 g/mol. The van der Waals surface area contributed by atoms with Crippen molar-refractivity contribution < 1.29 is 19.1 Å². The van der Waals surface area contributed by atoms with Crippen LogP contribution < -0.4 is 15.1 Å². The van der Waals surface area contributed by atoms with Gasteiger partial charge in [0.2, 0.25) is 0 Å². The van der Waals surface area contributed by atoms with Crippen LogP contribution in [0.25, 0.3) is 0 Å². The molecule has 0 bridgehead atoms. The molecule has 0 atom stereocenters. The molecule has 1 amide bonds. The highest BCUT2D eigenvalue weighted by Gasteiger charge is 2.40. The molecule has 2 aliphatic rings. The molecular formula is C20H21FN2O3. The van der Waals surface area contributed by atoms with E-state index in [0.29, 0.717) is 5.56 Å². The number of halogens is 1. The number of benzene rings is 2. The Bertz CT molecular complexity index is 814. The lowest BCUT2D eigenvalue weighted by Gasteiger charge is -2.45. The van der Waals surface area contributed by atoms with Gasteiger partial charge < -0.3 is 9.64 Å². The van der Waals surface area contributed by atoms with Gasteiger partial charge in [-0.25, -0.2) is 9.87 Å². The molecule has 0 saturated carbocycles. The number of hydrogen-bond donors (Lipinski definition) is 2. The van der Waals surface area contributed by atoms with Gasteiger partial charge in [-0.1, -0.05) is 6.07 Å². The Hall–Kier alpha value is -2.60. The number of piperidine rings is 1. The summed E-state index contributed by atoms with van der Waals surface area (Å²) in [7, 11) is 0. The van der Waals surface area contributed by atoms with E-state index >= 15 is 0 Å². The first kappa shape index (κ1) is 16.8. The van der Waals surface area contributed by atoms with Crippen molar-refractivity contribution in [2.45, 2.75) is 31.3 Å². The molecular weight excluding hydrogens is 335 g/mol. The third-order valence-corrected chi connectivity index (χ3v) is 5.50. The summed E-state index contributed by atoms with van der Waals surface area (Å²) < 4.78 is 19.5. The fourth-order valence-corrected chi connectivity index (χ4v) is 4.01. The summed E-state index contributed by atoms with van der Waals surface area (Å²) in [4.78, 5) is 14.1. The fourth-order valence-electron chi connectivity index (χ4n) is 4.01. The number of amides is 1. The maximum atomic E-state index is 13.1. The van der Waals surface area contributed by atoms with E-state index in [0.717, 1.165) is 55.8 Å². The molecule has 0 unspecified atom stereocenters. The van der Waals surface area contributed by atoms with E-state index in [1.807, 2.05) is 18.2 Å². The van der Waals surface area contributed by atoms with Gasteiger partial charge in [0.1, 0.15) is 17.2 Å². The number of nitrogens with zero attached hydrogens (tertiary/aromatic N) is 1. The second-order valence-electron chi connectivity index (χ2n) is 6.97. The quantitative estimate of drug-likeness (QED) is 0.640. The lowest BCUT2D eigenvalue weighted by molar-refractivity contribution is 0.0221. The van der Waals surface area contributed by atoms with Crippen LogP contribution >= 0.6 is 0 Å². The largest absolute Gasteiger partial charge is 0.487 e. The summed E-state index contributed by atoms with van der Waals surface area (Å²) in [6, 6.07) is 11.9. The van der Waals surface area contributed by atoms with Crippen LogP contribution in [0, 0.1) is 5.82 Å². The summed E-state index contributed by atoms with van der Waals surface area (Å²) in [5.41, 5.74) is 3.82. The molecule has 2 N–H and O–H groups in total. The van der Waals surface area contributed by atoms with E-state index in [4.69, 9.17) is 9.94 Å². The van der Waals surface area contributed by atoms with Gasteiger partial charge in [0, 0.05) is 42.7 Å². The van der Waals surface area contributed by atoms with Crippen molar-refractivity contribution in [3.63, 3.8) is 0 Å². The summed E-state index contributed by atoms with van der Waals surface area (Å²) in [6.07, 6.45) is 3.34. The smallest absolute Gasteiger partial charge is 0.275 e. The number of ether oxygens (including phenoxy) is 1. The lowest BCUT2D eigenvalue weighted by Crippen LogP contribution is -2.50. The number of fused-ring (bicyclic) bond motifs is 1. The number of hydroxylamine groups is 1. The Morgan fingerprint density at radius 1 is 1.12 bits per heavy atom. The van der Waals surface area contributed by atoms with Gasteiger partial charge in [-0.3, -0.25) is 10.0 Å². The van der Waals surface area contributed by atoms with Crippen molar-refractivity contribution >= 4 is 11.6 Å². The topological polar surface area (TPSA) is 61.8 Å². The number of carbonyl (C=O) groups excluding carboxylic acids is 1. The Morgan fingerprint density at radius 2 is 1.85 bits per heavy atom. The normalized spacial score (nSPS) is 18.2. The summed E-state index contributed by atoms with van der Waals surface area (Å²) in [6.45, 7) is 1.69. The average Bonchev–Trinajstić information content (AvgIpc) is 2.68. The third kappa shape index (κ3) is 3.01. The molecule has 0 radical (unpaired) electrons. The maximum Gasteiger partial charge on any atom is 0.275 e. The lowest BCUT2D eigenvalue weighted by atomic mass is 9.82. The zero-order valence-electron chi connectivity index (χ0n) is 14.4. The molecule has 5 nitrogen and oxygen atoms in total. The Balaban J connectivity index is 1.49. The van der Waals surface area contributed by atoms with Crippen molar-refractivity contribution in [3.05, 3.63) is 59.4 Å². The maximum absolute atomic E-state index is 13.1. The molecule has 1 saturated heterocycles. The minimum Gasteiger partial charge on any atom is -0.487 e. The predicted molar refractivity (Wildman–Crippen MR) is 95.2 cm³/mol. The first-order chi connectivity index (χ1) is 12.6. The van der Waals surface area contributed by atoms with Crippen molar-refractivity contribution in [3.8, 4) is 5.75 Å². The minimum atomic E-state index is -0.507.